The standard InChI is InChI=1S/C21H25N7O4S/c1-12-17(33-21(23-12)25-24-20(22)32)19(31)28-18(30)14(11-27-9-5-2-6-10-27)16(26-28)13-7-3-4-8-15(13)29/h3-4,7-8,14,29H,2,5-6,9-11H2,1H3,(H,23,25)(H3,22,24,32)/t14-/m0/s1. The maximum Gasteiger partial charge on any atom is 0.330 e. The molecule has 5 N–H and O–H groups in total. The quantitative estimate of drug-likeness (QED) is 0.369. The zero-order valence-corrected chi connectivity index (χ0v) is 18.9. The number of hydrazone groups is 1. The van der Waals surface area contributed by atoms with Crippen LogP contribution in [0.15, 0.2) is 29.4 Å². The Labute approximate surface area is 194 Å². The van der Waals surface area contributed by atoms with Crippen molar-refractivity contribution in [2.45, 2.75) is 26.2 Å². The number of primary amides is 1. The first-order valence-corrected chi connectivity index (χ1v) is 11.4. The van der Waals surface area contributed by atoms with Crippen molar-refractivity contribution in [3.05, 3.63) is 40.4 Å². The van der Waals surface area contributed by atoms with Crippen LogP contribution in [-0.2, 0) is 4.79 Å². The number of urea groups is 1. The van der Waals surface area contributed by atoms with Crippen LogP contribution in [-0.4, -0.2) is 63.2 Å². The van der Waals surface area contributed by atoms with Gasteiger partial charge in [0.25, 0.3) is 11.8 Å². The van der Waals surface area contributed by atoms with E-state index < -0.39 is 23.8 Å². The van der Waals surface area contributed by atoms with Crippen molar-refractivity contribution in [3.63, 3.8) is 0 Å². The van der Waals surface area contributed by atoms with E-state index in [4.69, 9.17) is 5.73 Å². The van der Waals surface area contributed by atoms with Crippen LogP contribution < -0.4 is 16.6 Å². The van der Waals surface area contributed by atoms with E-state index in [0.29, 0.717) is 23.5 Å². The number of nitrogens with two attached hydrogens (primary N) is 1. The number of para-hydroxylation sites is 1. The molecule has 1 aromatic carbocycles. The van der Waals surface area contributed by atoms with Crippen molar-refractivity contribution in [1.82, 2.24) is 20.3 Å². The Hall–Kier alpha value is -3.51. The molecule has 0 unspecified atom stereocenters. The molecule has 33 heavy (non-hydrogen) atoms. The van der Waals surface area contributed by atoms with Gasteiger partial charge in [0, 0.05) is 12.1 Å². The van der Waals surface area contributed by atoms with Gasteiger partial charge in [-0.3, -0.25) is 15.0 Å². The lowest BCUT2D eigenvalue weighted by molar-refractivity contribution is -0.129. The summed E-state index contributed by atoms with van der Waals surface area (Å²) in [7, 11) is 0. The maximum atomic E-state index is 13.4. The van der Waals surface area contributed by atoms with Crippen molar-refractivity contribution >= 4 is 40.0 Å². The first-order valence-electron chi connectivity index (χ1n) is 10.6. The van der Waals surface area contributed by atoms with Crippen molar-refractivity contribution < 1.29 is 19.5 Å². The molecule has 0 spiro atoms. The van der Waals surface area contributed by atoms with Crippen LogP contribution in [0, 0.1) is 12.8 Å². The number of hydrogen-bond acceptors (Lipinski definition) is 9. The van der Waals surface area contributed by atoms with Gasteiger partial charge in [-0.05, 0) is 45.0 Å². The van der Waals surface area contributed by atoms with Gasteiger partial charge >= 0.3 is 6.03 Å². The summed E-state index contributed by atoms with van der Waals surface area (Å²) in [5.41, 5.74) is 10.9. The fourth-order valence-electron chi connectivity index (χ4n) is 3.99. The monoisotopic (exact) mass is 471 g/mol. The highest BCUT2D eigenvalue weighted by Crippen LogP contribution is 2.31. The maximum absolute atomic E-state index is 13.4. The molecule has 0 bridgehead atoms. The summed E-state index contributed by atoms with van der Waals surface area (Å²) in [6, 6.07) is 5.86. The van der Waals surface area contributed by atoms with Gasteiger partial charge in [-0.1, -0.05) is 29.9 Å². The second-order valence-corrected chi connectivity index (χ2v) is 8.92. The fraction of sp³-hybridized carbons (Fsp3) is 0.381. The van der Waals surface area contributed by atoms with Crippen LogP contribution >= 0.6 is 11.3 Å². The molecule has 4 amide bonds. The largest absolute Gasteiger partial charge is 0.507 e. The summed E-state index contributed by atoms with van der Waals surface area (Å²) in [6.45, 7) is 3.80. The SMILES string of the molecule is Cc1nc(NNC(N)=O)sc1C(=O)N1N=C(c2ccccc2O)[C@H](CN2CCCCC2)C1=O. The Bertz CT molecular complexity index is 1110. The lowest BCUT2D eigenvalue weighted by atomic mass is 9.94. The number of hydrogen-bond donors (Lipinski definition) is 4. The minimum Gasteiger partial charge on any atom is -0.507 e. The fourth-order valence-corrected chi connectivity index (χ4v) is 4.84. The predicted octanol–water partition coefficient (Wildman–Crippen LogP) is 1.64. The summed E-state index contributed by atoms with van der Waals surface area (Å²) < 4.78 is 0. The Morgan fingerprint density at radius 2 is 1.97 bits per heavy atom. The van der Waals surface area contributed by atoms with Gasteiger partial charge in [0.15, 0.2) is 0 Å². The molecule has 1 saturated heterocycles. The van der Waals surface area contributed by atoms with Gasteiger partial charge in [0.05, 0.1) is 17.3 Å². The molecule has 0 saturated carbocycles. The minimum atomic E-state index is -0.803. The van der Waals surface area contributed by atoms with Crippen LogP contribution in [0.4, 0.5) is 9.93 Å². The highest BCUT2D eigenvalue weighted by molar-refractivity contribution is 7.17. The van der Waals surface area contributed by atoms with Gasteiger partial charge in [0.1, 0.15) is 10.6 Å². The third-order valence-electron chi connectivity index (χ3n) is 5.59. The van der Waals surface area contributed by atoms with Crippen molar-refractivity contribution in [1.29, 1.82) is 0 Å². The third-order valence-corrected chi connectivity index (χ3v) is 6.65. The Morgan fingerprint density at radius 1 is 1.24 bits per heavy atom. The van der Waals surface area contributed by atoms with Crippen molar-refractivity contribution in [3.8, 4) is 5.75 Å². The van der Waals surface area contributed by atoms with Gasteiger partial charge in [-0.25, -0.2) is 15.2 Å². The molecule has 0 aliphatic carbocycles. The number of hydrazine groups is 1. The number of carbonyl (C=O) groups is 3. The van der Waals surface area contributed by atoms with E-state index in [-0.39, 0.29) is 15.8 Å². The predicted molar refractivity (Wildman–Crippen MR) is 123 cm³/mol. The van der Waals surface area contributed by atoms with E-state index in [2.05, 4.69) is 25.8 Å². The van der Waals surface area contributed by atoms with Crippen molar-refractivity contribution in [2.75, 3.05) is 25.1 Å². The molecule has 2 aliphatic heterocycles. The molecule has 3 heterocycles. The van der Waals surface area contributed by atoms with E-state index in [1.165, 1.54) is 6.07 Å². The van der Waals surface area contributed by atoms with E-state index in [9.17, 15) is 19.5 Å². The number of nitrogens with one attached hydrogen (secondary N) is 2. The summed E-state index contributed by atoms with van der Waals surface area (Å²) in [5.74, 6) is -1.74. The number of amides is 4. The van der Waals surface area contributed by atoms with Crippen molar-refractivity contribution in [2.24, 2.45) is 16.8 Å². The number of likely N-dealkylation sites (tertiary alicyclic amines) is 1. The lowest BCUT2D eigenvalue weighted by Gasteiger charge is -2.28. The number of aromatic hydroxyl groups is 1. The molecule has 2 aliphatic rings. The first kappa shape index (κ1) is 22.7. The third kappa shape index (κ3) is 4.81. The number of aryl methyl sites for hydroxylation is 1. The average Bonchev–Trinajstić information content (AvgIpc) is 3.33. The number of phenolic OH excluding ortho intramolecular Hbond substituents is 1. The van der Waals surface area contributed by atoms with E-state index in [1.54, 1.807) is 25.1 Å². The molecule has 0 radical (unpaired) electrons. The molecule has 1 aromatic heterocycles. The highest BCUT2D eigenvalue weighted by Gasteiger charge is 2.42. The lowest BCUT2D eigenvalue weighted by Crippen LogP contribution is -2.41. The smallest absolute Gasteiger partial charge is 0.330 e. The van der Waals surface area contributed by atoms with Crippen LogP contribution in [0.5, 0.6) is 5.75 Å². The molecule has 174 valence electrons. The van der Waals surface area contributed by atoms with E-state index in [1.807, 2.05) is 0 Å². The summed E-state index contributed by atoms with van der Waals surface area (Å²) in [6.07, 6.45) is 3.27. The van der Waals surface area contributed by atoms with Crippen LogP contribution in [0.2, 0.25) is 0 Å². The average molecular weight is 472 g/mol. The Balaban J connectivity index is 1.64. The topological polar surface area (TPSA) is 153 Å². The summed E-state index contributed by atoms with van der Waals surface area (Å²) in [5, 5.41) is 15.9. The molecule has 2 aromatic rings. The van der Waals surface area contributed by atoms with Gasteiger partial charge < -0.3 is 15.7 Å². The number of anilines is 1. The number of rotatable bonds is 6. The number of imide groups is 1. The Morgan fingerprint density at radius 3 is 2.67 bits per heavy atom. The number of phenols is 1. The number of piperidine rings is 1. The minimum absolute atomic E-state index is 0.0000219. The molecule has 4 rings (SSSR count). The zero-order valence-electron chi connectivity index (χ0n) is 18.1. The normalized spacial score (nSPS) is 18.8. The first-order chi connectivity index (χ1) is 15.8. The van der Waals surface area contributed by atoms with Crippen LogP contribution in [0.3, 0.4) is 0 Å². The number of aromatic nitrogens is 1. The van der Waals surface area contributed by atoms with Gasteiger partial charge in [0.2, 0.25) is 5.13 Å². The molecule has 1 atom stereocenters. The molecule has 1 fully saturated rings. The number of benzene rings is 1. The molecular formula is C21H25N7O4S. The van der Waals surface area contributed by atoms with E-state index in [0.717, 1.165) is 48.7 Å². The van der Waals surface area contributed by atoms with Crippen LogP contribution in [0.1, 0.15) is 40.2 Å². The molecule has 12 heteroatoms. The molecule has 11 nitrogen and oxygen atoms in total. The zero-order chi connectivity index (χ0) is 23.5. The van der Waals surface area contributed by atoms with Crippen LogP contribution in [0.25, 0.3) is 0 Å². The number of thiazole rings is 1. The summed E-state index contributed by atoms with van der Waals surface area (Å²) >= 11 is 0.971. The van der Waals surface area contributed by atoms with Gasteiger partial charge in [-0.15, -0.1) is 0 Å². The van der Waals surface area contributed by atoms with E-state index >= 15 is 0 Å². The number of carbonyl (C=O) groups excluding carboxylic acids is 3. The second-order valence-electron chi connectivity index (χ2n) is 7.92. The van der Waals surface area contributed by atoms with Gasteiger partial charge in [-0.2, -0.15) is 10.1 Å². The second kappa shape index (κ2) is 9.55. The summed E-state index contributed by atoms with van der Waals surface area (Å²) in [4.78, 5) is 44.2. The highest BCUT2D eigenvalue weighted by atomic mass is 32.1. The Kier molecular flexibility index (Phi) is 6.56. The molecular weight excluding hydrogens is 446 g/mol. The number of nitrogens with zero attached hydrogens (tertiary/aromatic N) is 4.